The second-order valence-corrected chi connectivity index (χ2v) is 3.28. The lowest BCUT2D eigenvalue weighted by Crippen LogP contribution is -1.75. The van der Waals surface area contributed by atoms with Gasteiger partial charge in [0.1, 0.15) is 11.8 Å². The van der Waals surface area contributed by atoms with E-state index in [2.05, 4.69) is 15.9 Å². The number of aldehydes is 1. The molecule has 0 atom stereocenters. The number of rotatable bonds is 1. The molecular weight excluding hydrogens is 220 g/mol. The molecular formula is C9H5BrO2. The third-order valence-corrected chi connectivity index (χ3v) is 2.36. The largest absolute Gasteiger partial charge is 0.464 e. The standard InChI is InChI=1S/C9H5BrO2/c10-7-2-1-3-8-9(7)6(4-11)5-12-8/h1-5H. The van der Waals surface area contributed by atoms with Crippen LogP contribution < -0.4 is 0 Å². The molecule has 0 N–H and O–H groups in total. The van der Waals surface area contributed by atoms with Crippen molar-refractivity contribution >= 4 is 33.2 Å². The van der Waals surface area contributed by atoms with E-state index in [1.165, 1.54) is 6.26 Å². The first-order chi connectivity index (χ1) is 5.83. The maximum Gasteiger partial charge on any atom is 0.153 e. The van der Waals surface area contributed by atoms with E-state index >= 15 is 0 Å². The molecule has 1 aromatic heterocycles. The number of benzene rings is 1. The molecule has 0 radical (unpaired) electrons. The van der Waals surface area contributed by atoms with E-state index in [0.717, 1.165) is 21.7 Å². The van der Waals surface area contributed by atoms with Gasteiger partial charge in [-0.3, -0.25) is 4.79 Å². The van der Waals surface area contributed by atoms with Crippen molar-refractivity contribution in [2.45, 2.75) is 0 Å². The van der Waals surface area contributed by atoms with Gasteiger partial charge in [0, 0.05) is 9.86 Å². The lowest BCUT2D eigenvalue weighted by molar-refractivity contribution is 0.112. The summed E-state index contributed by atoms with van der Waals surface area (Å²) in [5, 5.41) is 0.840. The third kappa shape index (κ3) is 0.975. The summed E-state index contributed by atoms with van der Waals surface area (Å²) in [6, 6.07) is 5.57. The van der Waals surface area contributed by atoms with Crippen molar-refractivity contribution in [1.82, 2.24) is 0 Å². The zero-order valence-electron chi connectivity index (χ0n) is 6.08. The number of halogens is 1. The van der Waals surface area contributed by atoms with Crippen molar-refractivity contribution < 1.29 is 9.21 Å². The minimum atomic E-state index is 0.581. The first-order valence-corrected chi connectivity index (χ1v) is 4.23. The second-order valence-electron chi connectivity index (χ2n) is 2.42. The van der Waals surface area contributed by atoms with E-state index in [0.29, 0.717) is 5.56 Å². The van der Waals surface area contributed by atoms with Crippen LogP contribution in [0.2, 0.25) is 0 Å². The Hall–Kier alpha value is -1.09. The molecule has 1 heterocycles. The molecule has 0 saturated carbocycles. The molecule has 0 spiro atoms. The molecule has 0 aliphatic rings. The number of carbonyl (C=O) groups excluding carboxylic acids is 1. The Morgan fingerprint density at radius 3 is 3.00 bits per heavy atom. The van der Waals surface area contributed by atoms with Gasteiger partial charge in [0.15, 0.2) is 6.29 Å². The Balaban J connectivity index is 2.91. The lowest BCUT2D eigenvalue weighted by atomic mass is 10.2. The predicted molar refractivity (Wildman–Crippen MR) is 49.3 cm³/mol. The Morgan fingerprint density at radius 2 is 2.25 bits per heavy atom. The van der Waals surface area contributed by atoms with E-state index < -0.39 is 0 Å². The minimum Gasteiger partial charge on any atom is -0.464 e. The Labute approximate surface area is 77.3 Å². The van der Waals surface area contributed by atoms with E-state index in [4.69, 9.17) is 4.42 Å². The van der Waals surface area contributed by atoms with E-state index in [1.54, 1.807) is 0 Å². The fourth-order valence-electron chi connectivity index (χ4n) is 1.16. The van der Waals surface area contributed by atoms with Crippen LogP contribution in [0.3, 0.4) is 0 Å². The van der Waals surface area contributed by atoms with Gasteiger partial charge in [0.25, 0.3) is 0 Å². The molecule has 12 heavy (non-hydrogen) atoms. The van der Waals surface area contributed by atoms with E-state index in [-0.39, 0.29) is 0 Å². The van der Waals surface area contributed by atoms with Crippen molar-refractivity contribution in [3.63, 3.8) is 0 Å². The highest BCUT2D eigenvalue weighted by molar-refractivity contribution is 9.10. The SMILES string of the molecule is O=Cc1coc2cccc(Br)c12. The van der Waals surface area contributed by atoms with Crippen LogP contribution in [-0.2, 0) is 0 Å². The first kappa shape index (κ1) is 7.55. The predicted octanol–water partition coefficient (Wildman–Crippen LogP) is 3.01. The Kier molecular flexibility index (Phi) is 1.73. The van der Waals surface area contributed by atoms with Crippen LogP contribution in [0.4, 0.5) is 0 Å². The van der Waals surface area contributed by atoms with E-state index in [9.17, 15) is 4.79 Å². The molecule has 2 nitrogen and oxygen atoms in total. The quantitative estimate of drug-likeness (QED) is 0.698. The number of hydrogen-bond acceptors (Lipinski definition) is 2. The molecule has 1 aromatic carbocycles. The molecule has 0 fully saturated rings. The van der Waals surface area contributed by atoms with Crippen LogP contribution in [0.5, 0.6) is 0 Å². The number of hydrogen-bond donors (Lipinski definition) is 0. The summed E-state index contributed by atoms with van der Waals surface area (Å²) in [6.07, 6.45) is 2.25. The van der Waals surface area contributed by atoms with Crippen LogP contribution >= 0.6 is 15.9 Å². The summed E-state index contributed by atoms with van der Waals surface area (Å²) >= 11 is 3.35. The topological polar surface area (TPSA) is 30.2 Å². The molecule has 0 aliphatic heterocycles. The fraction of sp³-hybridized carbons (Fsp3) is 0. The number of fused-ring (bicyclic) bond motifs is 1. The zero-order valence-corrected chi connectivity index (χ0v) is 7.67. The highest BCUT2D eigenvalue weighted by Crippen LogP contribution is 2.27. The summed E-state index contributed by atoms with van der Waals surface area (Å²) in [6.45, 7) is 0. The fourth-order valence-corrected chi connectivity index (χ4v) is 1.73. The van der Waals surface area contributed by atoms with Crippen LogP contribution in [-0.4, -0.2) is 6.29 Å². The highest BCUT2D eigenvalue weighted by atomic mass is 79.9. The molecule has 2 aromatic rings. The molecule has 2 rings (SSSR count). The van der Waals surface area contributed by atoms with Gasteiger partial charge < -0.3 is 4.42 Å². The van der Waals surface area contributed by atoms with Crippen molar-refractivity contribution in [2.24, 2.45) is 0 Å². The minimum absolute atomic E-state index is 0.581. The molecule has 3 heteroatoms. The van der Waals surface area contributed by atoms with Crippen LogP contribution in [0, 0.1) is 0 Å². The van der Waals surface area contributed by atoms with Gasteiger partial charge >= 0.3 is 0 Å². The van der Waals surface area contributed by atoms with Crippen LogP contribution in [0.25, 0.3) is 11.0 Å². The molecule has 0 aliphatic carbocycles. The second kappa shape index (κ2) is 2.75. The highest BCUT2D eigenvalue weighted by Gasteiger charge is 2.06. The smallest absolute Gasteiger partial charge is 0.153 e. The van der Waals surface area contributed by atoms with Crippen molar-refractivity contribution in [3.8, 4) is 0 Å². The summed E-state index contributed by atoms with van der Waals surface area (Å²) in [5.74, 6) is 0. The average molecular weight is 225 g/mol. The van der Waals surface area contributed by atoms with Gasteiger partial charge in [-0.25, -0.2) is 0 Å². The molecule has 60 valence electrons. The van der Waals surface area contributed by atoms with Gasteiger partial charge in [-0.1, -0.05) is 22.0 Å². The first-order valence-electron chi connectivity index (χ1n) is 3.44. The molecule has 0 saturated heterocycles. The van der Waals surface area contributed by atoms with Gasteiger partial charge in [0.05, 0.1) is 5.56 Å². The molecule has 0 amide bonds. The lowest BCUT2D eigenvalue weighted by Gasteiger charge is -1.91. The van der Waals surface area contributed by atoms with Crippen molar-refractivity contribution in [3.05, 3.63) is 34.5 Å². The average Bonchev–Trinajstić information content (AvgIpc) is 2.49. The van der Waals surface area contributed by atoms with Gasteiger partial charge in [-0.05, 0) is 12.1 Å². The van der Waals surface area contributed by atoms with Gasteiger partial charge in [-0.15, -0.1) is 0 Å². The van der Waals surface area contributed by atoms with E-state index in [1.807, 2.05) is 18.2 Å². The zero-order chi connectivity index (χ0) is 8.55. The summed E-state index contributed by atoms with van der Waals surface area (Å²) < 4.78 is 6.04. The Morgan fingerprint density at radius 1 is 1.42 bits per heavy atom. The van der Waals surface area contributed by atoms with Crippen LogP contribution in [0.1, 0.15) is 10.4 Å². The Bertz CT molecular complexity index is 431. The van der Waals surface area contributed by atoms with Gasteiger partial charge in [-0.2, -0.15) is 0 Å². The number of furan rings is 1. The maximum absolute atomic E-state index is 10.6. The normalized spacial score (nSPS) is 10.4. The molecule has 0 unspecified atom stereocenters. The van der Waals surface area contributed by atoms with Crippen molar-refractivity contribution in [1.29, 1.82) is 0 Å². The number of carbonyl (C=O) groups is 1. The summed E-state index contributed by atoms with van der Waals surface area (Å²) in [5.41, 5.74) is 1.31. The monoisotopic (exact) mass is 224 g/mol. The van der Waals surface area contributed by atoms with Crippen LogP contribution in [0.15, 0.2) is 33.4 Å². The van der Waals surface area contributed by atoms with Gasteiger partial charge in [0.2, 0.25) is 0 Å². The third-order valence-electron chi connectivity index (χ3n) is 1.70. The summed E-state index contributed by atoms with van der Waals surface area (Å²) in [4.78, 5) is 10.6. The maximum atomic E-state index is 10.6. The molecule has 0 bridgehead atoms. The summed E-state index contributed by atoms with van der Waals surface area (Å²) in [7, 11) is 0. The van der Waals surface area contributed by atoms with Crippen molar-refractivity contribution in [2.75, 3.05) is 0 Å².